The number of carbonyl (C=O) groups is 1. The van der Waals surface area contributed by atoms with Crippen LogP contribution in [-0.2, 0) is 0 Å². The molecule has 1 amide bonds. The van der Waals surface area contributed by atoms with E-state index >= 15 is 0 Å². The van der Waals surface area contributed by atoms with E-state index in [1.807, 2.05) is 0 Å². The van der Waals surface area contributed by atoms with E-state index in [1.54, 1.807) is 42.5 Å². The predicted molar refractivity (Wildman–Crippen MR) is 102 cm³/mol. The summed E-state index contributed by atoms with van der Waals surface area (Å²) in [5.74, 6) is 0.535. The number of amides is 1. The number of rotatable bonds is 5. The Morgan fingerprint density at radius 1 is 1.15 bits per heavy atom. The molecule has 0 aliphatic rings. The van der Waals surface area contributed by atoms with Crippen molar-refractivity contribution in [3.05, 3.63) is 71.1 Å². The van der Waals surface area contributed by atoms with E-state index in [0.717, 1.165) is 0 Å². The highest BCUT2D eigenvalue weighted by Crippen LogP contribution is 2.27. The van der Waals surface area contributed by atoms with Crippen molar-refractivity contribution in [2.45, 2.75) is 0 Å². The summed E-state index contributed by atoms with van der Waals surface area (Å²) in [5.41, 5.74) is 1.89. The third-order valence-corrected chi connectivity index (χ3v) is 3.87. The maximum absolute atomic E-state index is 12.4. The molecule has 1 aromatic heterocycles. The molecule has 0 radical (unpaired) electrons. The van der Waals surface area contributed by atoms with Gasteiger partial charge in [-0.15, -0.1) is 0 Å². The van der Waals surface area contributed by atoms with Crippen molar-refractivity contribution >= 4 is 34.7 Å². The lowest BCUT2D eigenvalue weighted by molar-refractivity contribution is 0.102. The molecule has 7 nitrogen and oxygen atoms in total. The van der Waals surface area contributed by atoms with Crippen molar-refractivity contribution in [1.29, 1.82) is 5.26 Å². The van der Waals surface area contributed by atoms with E-state index in [1.165, 1.54) is 19.5 Å². The first-order valence-corrected chi connectivity index (χ1v) is 8.21. The number of ether oxygens (including phenoxy) is 1. The molecule has 8 heteroatoms. The number of nitrogens with zero attached hydrogens (tertiary/aromatic N) is 3. The highest BCUT2D eigenvalue weighted by Gasteiger charge is 2.11. The molecule has 27 heavy (non-hydrogen) atoms. The fraction of sp³-hybridized carbons (Fsp3) is 0.0526. The summed E-state index contributed by atoms with van der Waals surface area (Å²) in [5, 5.41) is 15.1. The number of carbonyl (C=O) groups excluding carboxylic acids is 1. The highest BCUT2D eigenvalue weighted by molar-refractivity contribution is 6.32. The molecule has 0 aliphatic carbocycles. The Hall–Kier alpha value is -3.63. The molecule has 2 aromatic carbocycles. The zero-order chi connectivity index (χ0) is 19.2. The van der Waals surface area contributed by atoms with Crippen LogP contribution < -0.4 is 15.4 Å². The number of hydrogen-bond acceptors (Lipinski definition) is 6. The third-order valence-electron chi connectivity index (χ3n) is 3.57. The normalized spacial score (nSPS) is 9.96. The third kappa shape index (κ3) is 4.51. The van der Waals surface area contributed by atoms with Crippen LogP contribution >= 0.6 is 11.6 Å². The van der Waals surface area contributed by atoms with Gasteiger partial charge in [0.1, 0.15) is 23.6 Å². The van der Waals surface area contributed by atoms with E-state index < -0.39 is 5.91 Å². The highest BCUT2D eigenvalue weighted by atomic mass is 35.5. The van der Waals surface area contributed by atoms with Gasteiger partial charge in [0.05, 0.1) is 23.8 Å². The Morgan fingerprint density at radius 2 is 2.00 bits per heavy atom. The Kier molecular flexibility index (Phi) is 5.50. The van der Waals surface area contributed by atoms with Gasteiger partial charge < -0.3 is 15.4 Å². The first-order valence-electron chi connectivity index (χ1n) is 7.83. The molecule has 3 rings (SSSR count). The van der Waals surface area contributed by atoms with Crippen LogP contribution in [0.1, 0.15) is 16.1 Å². The average molecular weight is 380 g/mol. The molecule has 0 fully saturated rings. The summed E-state index contributed by atoms with van der Waals surface area (Å²) in [6, 6.07) is 15.4. The number of halogens is 1. The number of anilines is 3. The van der Waals surface area contributed by atoms with Gasteiger partial charge in [-0.25, -0.2) is 9.97 Å². The molecular formula is C19H14ClN5O2. The SMILES string of the molecule is COc1ccc(NC(=O)c2cc(Nc3cccc(C#N)c3)ncn2)cc1Cl. The van der Waals surface area contributed by atoms with Crippen LogP contribution in [0, 0.1) is 11.3 Å². The molecule has 1 heterocycles. The van der Waals surface area contributed by atoms with Crippen LogP contribution in [0.2, 0.25) is 5.02 Å². The van der Waals surface area contributed by atoms with Crippen LogP contribution in [0.3, 0.4) is 0 Å². The first-order chi connectivity index (χ1) is 13.1. The van der Waals surface area contributed by atoms with E-state index in [-0.39, 0.29) is 5.69 Å². The van der Waals surface area contributed by atoms with E-state index in [0.29, 0.717) is 33.5 Å². The standard InChI is InChI=1S/C19H14ClN5O2/c1-27-17-6-5-14(8-15(17)20)25-19(26)16-9-18(23-11-22-16)24-13-4-2-3-12(7-13)10-21/h2-9,11H,1H3,(H,25,26)(H,22,23,24). The minimum absolute atomic E-state index is 0.177. The molecule has 0 bridgehead atoms. The van der Waals surface area contributed by atoms with Gasteiger partial charge in [0, 0.05) is 17.4 Å². The maximum Gasteiger partial charge on any atom is 0.274 e. The lowest BCUT2D eigenvalue weighted by Crippen LogP contribution is -2.14. The van der Waals surface area contributed by atoms with Crippen LogP contribution in [0.5, 0.6) is 5.75 Å². The topological polar surface area (TPSA) is 99.9 Å². The number of methoxy groups -OCH3 is 1. The molecule has 2 N–H and O–H groups in total. The Morgan fingerprint density at radius 3 is 2.74 bits per heavy atom. The summed E-state index contributed by atoms with van der Waals surface area (Å²) in [6.07, 6.45) is 1.28. The van der Waals surface area contributed by atoms with Gasteiger partial charge in [-0.3, -0.25) is 4.79 Å². The van der Waals surface area contributed by atoms with Crippen LogP contribution in [0.15, 0.2) is 54.9 Å². The average Bonchev–Trinajstić information content (AvgIpc) is 2.68. The molecule has 0 saturated heterocycles. The lowest BCUT2D eigenvalue weighted by Gasteiger charge is -2.09. The van der Waals surface area contributed by atoms with Crippen LogP contribution in [0.25, 0.3) is 0 Å². The van der Waals surface area contributed by atoms with Crippen molar-refractivity contribution in [1.82, 2.24) is 9.97 Å². The number of nitriles is 1. The molecule has 0 atom stereocenters. The van der Waals surface area contributed by atoms with Crippen molar-refractivity contribution in [2.24, 2.45) is 0 Å². The number of hydrogen-bond donors (Lipinski definition) is 2. The van der Waals surface area contributed by atoms with E-state index in [9.17, 15) is 4.79 Å². The largest absolute Gasteiger partial charge is 0.495 e. The quantitative estimate of drug-likeness (QED) is 0.694. The summed E-state index contributed by atoms with van der Waals surface area (Å²) in [7, 11) is 1.52. The molecule has 134 valence electrons. The summed E-state index contributed by atoms with van der Waals surface area (Å²) >= 11 is 6.06. The van der Waals surface area contributed by atoms with E-state index in [2.05, 4.69) is 26.7 Å². The summed E-state index contributed by atoms with van der Waals surface area (Å²) < 4.78 is 5.08. The second kappa shape index (κ2) is 8.17. The van der Waals surface area contributed by atoms with Crippen molar-refractivity contribution < 1.29 is 9.53 Å². The number of aromatic nitrogens is 2. The van der Waals surface area contributed by atoms with Crippen molar-refractivity contribution in [2.75, 3.05) is 17.7 Å². The predicted octanol–water partition coefficient (Wildman–Crippen LogP) is 4.01. The second-order valence-electron chi connectivity index (χ2n) is 5.41. The van der Waals surface area contributed by atoms with Gasteiger partial charge in [-0.2, -0.15) is 5.26 Å². The maximum atomic E-state index is 12.4. The lowest BCUT2D eigenvalue weighted by atomic mass is 10.2. The van der Waals surface area contributed by atoms with Crippen LogP contribution in [0.4, 0.5) is 17.2 Å². The minimum Gasteiger partial charge on any atom is -0.495 e. The molecule has 0 spiro atoms. The van der Waals surface area contributed by atoms with Crippen molar-refractivity contribution in [3.8, 4) is 11.8 Å². The monoisotopic (exact) mass is 379 g/mol. The Balaban J connectivity index is 1.75. The Bertz CT molecular complexity index is 1030. The molecule has 3 aromatic rings. The van der Waals surface area contributed by atoms with E-state index in [4.69, 9.17) is 21.6 Å². The number of benzene rings is 2. The summed E-state index contributed by atoms with van der Waals surface area (Å²) in [6.45, 7) is 0. The van der Waals surface area contributed by atoms with Gasteiger partial charge in [-0.05, 0) is 36.4 Å². The van der Waals surface area contributed by atoms with Crippen LogP contribution in [-0.4, -0.2) is 23.0 Å². The fourth-order valence-corrected chi connectivity index (χ4v) is 2.56. The number of nitrogens with one attached hydrogen (secondary N) is 2. The summed E-state index contributed by atoms with van der Waals surface area (Å²) in [4.78, 5) is 20.5. The van der Waals surface area contributed by atoms with Crippen molar-refractivity contribution in [3.63, 3.8) is 0 Å². The Labute approximate surface area is 160 Å². The minimum atomic E-state index is -0.410. The van der Waals surface area contributed by atoms with Gasteiger partial charge in [0.2, 0.25) is 0 Å². The first kappa shape index (κ1) is 18.2. The van der Waals surface area contributed by atoms with Gasteiger partial charge in [0.25, 0.3) is 5.91 Å². The van der Waals surface area contributed by atoms with Gasteiger partial charge in [0.15, 0.2) is 0 Å². The molecule has 0 saturated carbocycles. The van der Waals surface area contributed by atoms with Gasteiger partial charge in [-0.1, -0.05) is 17.7 Å². The van der Waals surface area contributed by atoms with Gasteiger partial charge >= 0.3 is 0 Å². The molecule has 0 unspecified atom stereocenters. The molecule has 0 aliphatic heterocycles. The zero-order valence-electron chi connectivity index (χ0n) is 14.2. The zero-order valence-corrected chi connectivity index (χ0v) is 15.0. The second-order valence-corrected chi connectivity index (χ2v) is 5.82. The smallest absolute Gasteiger partial charge is 0.274 e. The fourth-order valence-electron chi connectivity index (χ4n) is 2.30. The molecular weight excluding hydrogens is 366 g/mol.